The van der Waals surface area contributed by atoms with Crippen LogP contribution in [0.15, 0.2) is 0 Å². The van der Waals surface area contributed by atoms with E-state index in [0.717, 1.165) is 6.04 Å². The van der Waals surface area contributed by atoms with E-state index in [2.05, 4.69) is 51.3 Å². The second-order valence-corrected chi connectivity index (χ2v) is 17.8. The van der Waals surface area contributed by atoms with Gasteiger partial charge in [0, 0.05) is 0 Å². The Kier molecular flexibility index (Phi) is 17.8. The molecule has 0 rings (SSSR count). The van der Waals surface area contributed by atoms with Crippen molar-refractivity contribution in [2.75, 3.05) is 32.7 Å². The average molecular weight is 442 g/mol. The molecule has 0 amide bonds. The summed E-state index contributed by atoms with van der Waals surface area (Å²) in [4.78, 5) is 5.40. The van der Waals surface area contributed by atoms with Crippen molar-refractivity contribution < 1.29 is 0 Å². The van der Waals surface area contributed by atoms with E-state index in [9.17, 15) is 0 Å². The number of rotatable bonds is 17. The first-order valence-corrected chi connectivity index (χ1v) is 18.0. The van der Waals surface area contributed by atoms with Gasteiger partial charge in [-0.15, -0.1) is 0 Å². The fourth-order valence-corrected chi connectivity index (χ4v) is 13.1. The molecule has 144 valence electrons. The monoisotopic (exact) mass is 442 g/mol. The SMILES string of the molecule is CCCN(CCC)CC[CH2][In]([CH2]CC)[CH2]CCN(CCC)C(C)C. The molecule has 0 aliphatic rings. The summed E-state index contributed by atoms with van der Waals surface area (Å²) in [5, 5.41) is 0. The zero-order valence-corrected chi connectivity index (χ0v) is 21.2. The fraction of sp³-hybridized carbons (Fsp3) is 1.00. The summed E-state index contributed by atoms with van der Waals surface area (Å²) in [7, 11) is 0. The van der Waals surface area contributed by atoms with Gasteiger partial charge in [0.1, 0.15) is 0 Å². The van der Waals surface area contributed by atoms with E-state index in [-0.39, 0.29) is 0 Å². The molecule has 0 saturated heterocycles. The third-order valence-corrected chi connectivity index (χ3v) is 16.1. The summed E-state index contributed by atoms with van der Waals surface area (Å²) in [5.41, 5.74) is 0. The molecule has 2 nitrogen and oxygen atoms in total. The minimum atomic E-state index is -1.24. The molecule has 24 heavy (non-hydrogen) atoms. The van der Waals surface area contributed by atoms with E-state index in [1.54, 1.807) is 12.5 Å². The summed E-state index contributed by atoms with van der Waals surface area (Å²) in [6.45, 7) is 20.7. The van der Waals surface area contributed by atoms with Crippen molar-refractivity contribution >= 4 is 21.4 Å². The Morgan fingerprint density at radius 3 is 1.62 bits per heavy atom. The van der Waals surface area contributed by atoms with E-state index < -0.39 is 21.4 Å². The summed E-state index contributed by atoms with van der Waals surface area (Å²) in [6, 6.07) is 0.724. The van der Waals surface area contributed by atoms with Crippen molar-refractivity contribution in [3.05, 3.63) is 0 Å². The van der Waals surface area contributed by atoms with Crippen LogP contribution >= 0.6 is 0 Å². The van der Waals surface area contributed by atoms with Crippen LogP contribution in [0.2, 0.25) is 12.5 Å². The molecule has 0 atom stereocenters. The molecule has 0 aliphatic heterocycles. The van der Waals surface area contributed by atoms with Gasteiger partial charge in [-0.1, -0.05) is 0 Å². The maximum absolute atomic E-state index is 2.70. The number of hydrogen-bond donors (Lipinski definition) is 0. The second-order valence-electron chi connectivity index (χ2n) is 7.91. The molecule has 0 saturated carbocycles. The summed E-state index contributed by atoms with van der Waals surface area (Å²) in [5.74, 6) is 0. The van der Waals surface area contributed by atoms with Gasteiger partial charge in [-0.2, -0.15) is 0 Å². The van der Waals surface area contributed by atoms with Gasteiger partial charge in [0.25, 0.3) is 0 Å². The van der Waals surface area contributed by atoms with Crippen molar-refractivity contribution in [2.45, 2.75) is 98.6 Å². The zero-order valence-electron chi connectivity index (χ0n) is 17.9. The summed E-state index contributed by atoms with van der Waals surface area (Å²) >= 11 is -1.24. The molecule has 0 spiro atoms. The van der Waals surface area contributed by atoms with Gasteiger partial charge < -0.3 is 0 Å². The molecule has 0 aliphatic carbocycles. The zero-order chi connectivity index (χ0) is 18.2. The first kappa shape index (κ1) is 24.8. The van der Waals surface area contributed by atoms with Crippen LogP contribution in [0.3, 0.4) is 0 Å². The van der Waals surface area contributed by atoms with E-state index >= 15 is 0 Å². The molecule has 0 aromatic heterocycles. The van der Waals surface area contributed by atoms with E-state index in [1.165, 1.54) is 71.2 Å². The molecule has 0 radical (unpaired) electrons. The first-order valence-electron chi connectivity index (χ1n) is 11.0. The van der Waals surface area contributed by atoms with Crippen LogP contribution in [0.25, 0.3) is 0 Å². The van der Waals surface area contributed by atoms with Crippen LogP contribution in [0.1, 0.15) is 80.1 Å². The van der Waals surface area contributed by atoms with Gasteiger partial charge in [0.05, 0.1) is 0 Å². The van der Waals surface area contributed by atoms with Gasteiger partial charge in [-0.25, -0.2) is 0 Å². The second kappa shape index (κ2) is 17.2. The Hall–Kier alpha value is 0.790. The molecule has 0 aromatic rings. The molecule has 0 aromatic carbocycles. The Morgan fingerprint density at radius 1 is 0.625 bits per heavy atom. The van der Waals surface area contributed by atoms with Gasteiger partial charge >= 0.3 is 163 Å². The Balaban J connectivity index is 4.10. The van der Waals surface area contributed by atoms with Gasteiger partial charge in [0.2, 0.25) is 0 Å². The predicted octanol–water partition coefficient (Wildman–Crippen LogP) is 5.91. The Labute approximate surface area is 162 Å². The van der Waals surface area contributed by atoms with Crippen molar-refractivity contribution in [2.24, 2.45) is 0 Å². The molecular weight excluding hydrogens is 395 g/mol. The molecular formula is C21H47InN2. The van der Waals surface area contributed by atoms with Gasteiger partial charge in [0.15, 0.2) is 0 Å². The molecule has 0 heterocycles. The molecule has 3 heteroatoms. The van der Waals surface area contributed by atoms with Gasteiger partial charge in [-0.3, -0.25) is 0 Å². The Bertz CT molecular complexity index is 252. The van der Waals surface area contributed by atoms with E-state index in [1.807, 2.05) is 0 Å². The van der Waals surface area contributed by atoms with Crippen molar-refractivity contribution in [3.63, 3.8) is 0 Å². The topological polar surface area (TPSA) is 6.48 Å². The third kappa shape index (κ3) is 13.1. The molecule has 0 bridgehead atoms. The van der Waals surface area contributed by atoms with Crippen molar-refractivity contribution in [1.82, 2.24) is 9.80 Å². The molecule has 0 unspecified atom stereocenters. The normalized spacial score (nSPS) is 11.9. The molecule has 0 N–H and O–H groups in total. The number of nitrogens with zero attached hydrogens (tertiary/aromatic N) is 2. The standard InChI is InChI=1S/2C9H20N.C3H7.In/c1-5-7-10(8-6-2)9(3)4;1-4-7-10(8-5-2)9-6-3;1-3-2;/h9H,1,5-8H2,2-4H3;1,4-9H2,2-3H3;1,3H2,2H3;. The predicted molar refractivity (Wildman–Crippen MR) is 114 cm³/mol. The summed E-state index contributed by atoms with van der Waals surface area (Å²) in [6.07, 6.45) is 8.33. The fourth-order valence-electron chi connectivity index (χ4n) is 3.91. The van der Waals surface area contributed by atoms with Crippen LogP contribution in [0, 0.1) is 0 Å². The number of hydrogen-bond acceptors (Lipinski definition) is 2. The van der Waals surface area contributed by atoms with Crippen LogP contribution in [0.5, 0.6) is 0 Å². The van der Waals surface area contributed by atoms with Gasteiger partial charge in [-0.05, 0) is 0 Å². The minimum absolute atomic E-state index is 0.724. The summed E-state index contributed by atoms with van der Waals surface area (Å²) < 4.78 is 4.93. The average Bonchev–Trinajstić information content (AvgIpc) is 2.54. The van der Waals surface area contributed by atoms with Crippen LogP contribution in [-0.2, 0) is 0 Å². The van der Waals surface area contributed by atoms with Crippen molar-refractivity contribution in [3.8, 4) is 0 Å². The van der Waals surface area contributed by atoms with E-state index in [4.69, 9.17) is 0 Å². The first-order chi connectivity index (χ1) is 11.6. The quantitative estimate of drug-likeness (QED) is 0.276. The maximum atomic E-state index is 2.70. The van der Waals surface area contributed by atoms with Crippen molar-refractivity contribution in [1.29, 1.82) is 0 Å². The third-order valence-electron chi connectivity index (χ3n) is 5.16. The Morgan fingerprint density at radius 2 is 1.17 bits per heavy atom. The van der Waals surface area contributed by atoms with E-state index in [0.29, 0.717) is 0 Å². The van der Waals surface area contributed by atoms with Crippen LogP contribution in [-0.4, -0.2) is 70.0 Å². The van der Waals surface area contributed by atoms with Crippen LogP contribution in [0.4, 0.5) is 0 Å². The van der Waals surface area contributed by atoms with Crippen LogP contribution < -0.4 is 0 Å². The molecule has 0 fully saturated rings.